The number of carbonyl (C=O) groups is 1. The summed E-state index contributed by atoms with van der Waals surface area (Å²) in [4.78, 5) is 24.1. The molecule has 5 nitrogen and oxygen atoms in total. The standard InChI is InChI=1S/C15H26N4O/c1-6-8-19(9-7-12(2)3)14-11-16-13(10-17-14)15(20)18(4)5/h10-12H,6-9H2,1-5H3. The second kappa shape index (κ2) is 7.82. The summed E-state index contributed by atoms with van der Waals surface area (Å²) in [6, 6.07) is 0. The van der Waals surface area contributed by atoms with Gasteiger partial charge in [-0.05, 0) is 18.8 Å². The number of nitrogens with zero attached hydrogens (tertiary/aromatic N) is 4. The highest BCUT2D eigenvalue weighted by Crippen LogP contribution is 2.13. The van der Waals surface area contributed by atoms with E-state index in [2.05, 4.69) is 35.6 Å². The van der Waals surface area contributed by atoms with Gasteiger partial charge in [0.15, 0.2) is 0 Å². The third kappa shape index (κ3) is 4.79. The molecule has 0 aliphatic carbocycles. The maximum absolute atomic E-state index is 11.8. The first-order valence-electron chi connectivity index (χ1n) is 7.24. The summed E-state index contributed by atoms with van der Waals surface area (Å²) in [5.41, 5.74) is 0.388. The van der Waals surface area contributed by atoms with Gasteiger partial charge in [-0.3, -0.25) is 4.79 Å². The van der Waals surface area contributed by atoms with Crippen molar-refractivity contribution in [2.24, 2.45) is 5.92 Å². The molecule has 1 aromatic rings. The summed E-state index contributed by atoms with van der Waals surface area (Å²) >= 11 is 0. The summed E-state index contributed by atoms with van der Waals surface area (Å²) in [5.74, 6) is 1.40. The average molecular weight is 278 g/mol. The molecular weight excluding hydrogens is 252 g/mol. The van der Waals surface area contributed by atoms with E-state index < -0.39 is 0 Å². The van der Waals surface area contributed by atoms with Crippen LogP contribution in [-0.4, -0.2) is 48.0 Å². The van der Waals surface area contributed by atoms with Gasteiger partial charge in [-0.1, -0.05) is 20.8 Å². The summed E-state index contributed by atoms with van der Waals surface area (Å²) in [6.07, 6.45) is 5.46. The number of carbonyl (C=O) groups excluding carboxylic acids is 1. The maximum atomic E-state index is 11.8. The van der Waals surface area contributed by atoms with Crippen molar-refractivity contribution in [3.05, 3.63) is 18.1 Å². The van der Waals surface area contributed by atoms with E-state index in [1.54, 1.807) is 26.5 Å². The minimum atomic E-state index is -0.117. The first kappa shape index (κ1) is 16.4. The molecule has 0 aromatic carbocycles. The topological polar surface area (TPSA) is 49.3 Å². The van der Waals surface area contributed by atoms with E-state index in [0.717, 1.165) is 31.7 Å². The van der Waals surface area contributed by atoms with E-state index >= 15 is 0 Å². The fraction of sp³-hybridized carbons (Fsp3) is 0.667. The summed E-state index contributed by atoms with van der Waals surface area (Å²) in [7, 11) is 3.42. The van der Waals surface area contributed by atoms with Gasteiger partial charge in [0, 0.05) is 27.2 Å². The number of hydrogen-bond acceptors (Lipinski definition) is 4. The smallest absolute Gasteiger partial charge is 0.273 e. The van der Waals surface area contributed by atoms with E-state index in [1.807, 2.05) is 0 Å². The molecule has 5 heteroatoms. The Bertz CT molecular complexity index is 414. The van der Waals surface area contributed by atoms with Crippen molar-refractivity contribution in [1.29, 1.82) is 0 Å². The van der Waals surface area contributed by atoms with Crippen molar-refractivity contribution in [3.63, 3.8) is 0 Å². The Morgan fingerprint density at radius 1 is 1.20 bits per heavy atom. The van der Waals surface area contributed by atoms with Crippen LogP contribution in [0.1, 0.15) is 44.1 Å². The number of rotatable bonds is 7. The zero-order valence-electron chi connectivity index (χ0n) is 13.3. The van der Waals surface area contributed by atoms with E-state index in [4.69, 9.17) is 0 Å². The van der Waals surface area contributed by atoms with Crippen molar-refractivity contribution >= 4 is 11.7 Å². The molecule has 0 atom stereocenters. The minimum absolute atomic E-state index is 0.117. The Balaban J connectivity index is 2.79. The maximum Gasteiger partial charge on any atom is 0.273 e. The zero-order chi connectivity index (χ0) is 15.1. The monoisotopic (exact) mass is 278 g/mol. The molecule has 0 saturated heterocycles. The molecule has 1 heterocycles. The van der Waals surface area contributed by atoms with Crippen LogP contribution in [0.4, 0.5) is 5.82 Å². The van der Waals surface area contributed by atoms with Gasteiger partial charge in [0.05, 0.1) is 12.4 Å². The molecule has 0 N–H and O–H groups in total. The average Bonchev–Trinajstić information content (AvgIpc) is 2.42. The van der Waals surface area contributed by atoms with Crippen LogP contribution in [0.5, 0.6) is 0 Å². The third-order valence-electron chi connectivity index (χ3n) is 3.06. The number of aromatic nitrogens is 2. The van der Waals surface area contributed by atoms with Gasteiger partial charge < -0.3 is 9.80 Å². The summed E-state index contributed by atoms with van der Waals surface area (Å²) < 4.78 is 0. The fourth-order valence-corrected chi connectivity index (χ4v) is 1.85. The van der Waals surface area contributed by atoms with Crippen LogP contribution >= 0.6 is 0 Å². The number of hydrogen-bond donors (Lipinski definition) is 0. The minimum Gasteiger partial charge on any atom is -0.355 e. The van der Waals surface area contributed by atoms with Crippen LogP contribution in [0, 0.1) is 5.92 Å². The lowest BCUT2D eigenvalue weighted by atomic mass is 10.1. The molecule has 0 unspecified atom stereocenters. The van der Waals surface area contributed by atoms with Crippen molar-refractivity contribution in [2.45, 2.75) is 33.6 Å². The fourth-order valence-electron chi connectivity index (χ4n) is 1.85. The first-order chi connectivity index (χ1) is 9.45. The normalized spacial score (nSPS) is 10.7. The zero-order valence-corrected chi connectivity index (χ0v) is 13.3. The second-order valence-corrected chi connectivity index (χ2v) is 5.63. The molecule has 0 spiro atoms. The molecule has 1 amide bonds. The molecule has 1 aromatic heterocycles. The van der Waals surface area contributed by atoms with Crippen molar-refractivity contribution < 1.29 is 4.79 Å². The van der Waals surface area contributed by atoms with Crippen molar-refractivity contribution in [1.82, 2.24) is 14.9 Å². The van der Waals surface area contributed by atoms with Gasteiger partial charge >= 0.3 is 0 Å². The van der Waals surface area contributed by atoms with Gasteiger partial charge in [0.25, 0.3) is 5.91 Å². The van der Waals surface area contributed by atoms with Crippen molar-refractivity contribution in [3.8, 4) is 0 Å². The van der Waals surface area contributed by atoms with Crippen LogP contribution in [0.25, 0.3) is 0 Å². The highest BCUT2D eigenvalue weighted by molar-refractivity contribution is 5.91. The van der Waals surface area contributed by atoms with Gasteiger partial charge in [0.2, 0.25) is 0 Å². The Hall–Kier alpha value is -1.65. The summed E-state index contributed by atoms with van der Waals surface area (Å²) in [6.45, 7) is 8.52. The SMILES string of the molecule is CCCN(CCC(C)C)c1cnc(C(=O)N(C)C)cn1. The predicted molar refractivity (Wildman–Crippen MR) is 82.0 cm³/mol. The van der Waals surface area contributed by atoms with E-state index in [0.29, 0.717) is 11.6 Å². The van der Waals surface area contributed by atoms with Gasteiger partial charge in [-0.2, -0.15) is 0 Å². The van der Waals surface area contributed by atoms with Crippen LogP contribution in [0.2, 0.25) is 0 Å². The lowest BCUT2D eigenvalue weighted by Gasteiger charge is -2.23. The van der Waals surface area contributed by atoms with Gasteiger partial charge in [-0.15, -0.1) is 0 Å². The molecule has 20 heavy (non-hydrogen) atoms. The van der Waals surface area contributed by atoms with Gasteiger partial charge in [-0.25, -0.2) is 9.97 Å². The summed E-state index contributed by atoms with van der Waals surface area (Å²) in [5, 5.41) is 0. The molecule has 0 radical (unpaired) electrons. The quantitative estimate of drug-likeness (QED) is 0.768. The van der Waals surface area contributed by atoms with Gasteiger partial charge in [0.1, 0.15) is 11.5 Å². The first-order valence-corrected chi connectivity index (χ1v) is 7.24. The van der Waals surface area contributed by atoms with Crippen LogP contribution < -0.4 is 4.90 Å². The highest BCUT2D eigenvalue weighted by atomic mass is 16.2. The Kier molecular flexibility index (Phi) is 6.42. The van der Waals surface area contributed by atoms with Crippen LogP contribution in [-0.2, 0) is 0 Å². The largest absolute Gasteiger partial charge is 0.355 e. The van der Waals surface area contributed by atoms with E-state index in [1.165, 1.54) is 4.90 Å². The molecule has 112 valence electrons. The lowest BCUT2D eigenvalue weighted by Crippen LogP contribution is -2.28. The molecule has 0 aliphatic heterocycles. The Labute approximate surface area is 122 Å². The number of amides is 1. The van der Waals surface area contributed by atoms with Crippen LogP contribution in [0.3, 0.4) is 0 Å². The Morgan fingerprint density at radius 2 is 1.90 bits per heavy atom. The van der Waals surface area contributed by atoms with E-state index in [9.17, 15) is 4.79 Å². The molecule has 1 rings (SSSR count). The second-order valence-electron chi connectivity index (χ2n) is 5.63. The molecule has 0 fully saturated rings. The van der Waals surface area contributed by atoms with Crippen molar-refractivity contribution in [2.75, 3.05) is 32.1 Å². The van der Waals surface area contributed by atoms with Crippen LogP contribution in [0.15, 0.2) is 12.4 Å². The molecule has 0 aliphatic rings. The van der Waals surface area contributed by atoms with E-state index in [-0.39, 0.29) is 5.91 Å². The molecule has 0 saturated carbocycles. The highest BCUT2D eigenvalue weighted by Gasteiger charge is 2.12. The molecular formula is C15H26N4O. The molecule has 0 bridgehead atoms. The lowest BCUT2D eigenvalue weighted by molar-refractivity contribution is 0.0821. The third-order valence-corrected chi connectivity index (χ3v) is 3.06. The Morgan fingerprint density at radius 3 is 2.35 bits per heavy atom. The number of anilines is 1. The predicted octanol–water partition coefficient (Wildman–Crippen LogP) is 2.44.